The molecule has 4 aromatic rings. The van der Waals surface area contributed by atoms with Crippen molar-refractivity contribution in [1.29, 1.82) is 0 Å². The zero-order chi connectivity index (χ0) is 21.1. The Kier molecular flexibility index (Phi) is 5.49. The van der Waals surface area contributed by atoms with E-state index in [1.54, 1.807) is 54.8 Å². The predicted molar refractivity (Wildman–Crippen MR) is 116 cm³/mol. The van der Waals surface area contributed by atoms with Gasteiger partial charge in [-0.25, -0.2) is 4.79 Å². The number of rotatable bonds is 6. The molecular formula is C22H19N3O4S. The standard InChI is InChI=1S/C22H19N3O4S/c1-29-16-7-4-14(5-8-16)13-25-21(27)18-9-6-15(11-19(18)24-22(25)28)20(26)23-12-17-3-2-10-30-17/h2-11H,12-13H2,1H3,(H,23,26)(H,24,28). The van der Waals surface area contributed by atoms with Gasteiger partial charge in [-0.1, -0.05) is 18.2 Å². The number of aromatic amines is 1. The molecular weight excluding hydrogens is 402 g/mol. The second-order valence-electron chi connectivity index (χ2n) is 6.69. The second kappa shape index (κ2) is 8.38. The Balaban J connectivity index is 1.60. The highest BCUT2D eigenvalue weighted by Gasteiger charge is 2.12. The summed E-state index contributed by atoms with van der Waals surface area (Å²) in [6.45, 7) is 0.561. The van der Waals surface area contributed by atoms with Crippen LogP contribution in [0.3, 0.4) is 0 Å². The number of methoxy groups -OCH3 is 1. The average Bonchev–Trinajstić information content (AvgIpc) is 3.28. The van der Waals surface area contributed by atoms with Crippen molar-refractivity contribution in [2.24, 2.45) is 0 Å². The van der Waals surface area contributed by atoms with Crippen molar-refractivity contribution < 1.29 is 9.53 Å². The Morgan fingerprint density at radius 2 is 1.93 bits per heavy atom. The topological polar surface area (TPSA) is 93.2 Å². The first kappa shape index (κ1) is 19.7. The third-order valence-electron chi connectivity index (χ3n) is 4.75. The molecule has 0 aliphatic rings. The molecule has 1 amide bonds. The van der Waals surface area contributed by atoms with Gasteiger partial charge in [0.05, 0.1) is 31.1 Å². The molecule has 2 aromatic heterocycles. The number of hydrogen-bond acceptors (Lipinski definition) is 5. The lowest BCUT2D eigenvalue weighted by Gasteiger charge is -2.09. The lowest BCUT2D eigenvalue weighted by atomic mass is 10.1. The van der Waals surface area contributed by atoms with Crippen molar-refractivity contribution in [3.8, 4) is 5.75 Å². The number of fused-ring (bicyclic) bond motifs is 1. The van der Waals surface area contributed by atoms with Gasteiger partial charge in [-0.15, -0.1) is 11.3 Å². The fourth-order valence-electron chi connectivity index (χ4n) is 3.14. The van der Waals surface area contributed by atoms with Gasteiger partial charge in [0.15, 0.2) is 0 Å². The zero-order valence-electron chi connectivity index (χ0n) is 16.2. The third-order valence-corrected chi connectivity index (χ3v) is 5.62. The summed E-state index contributed by atoms with van der Waals surface area (Å²) >= 11 is 1.56. The summed E-state index contributed by atoms with van der Waals surface area (Å²) in [5.74, 6) is 0.428. The summed E-state index contributed by atoms with van der Waals surface area (Å²) in [6, 6.07) is 15.7. The van der Waals surface area contributed by atoms with Gasteiger partial charge in [-0.05, 0) is 47.3 Å². The molecule has 0 aliphatic carbocycles. The summed E-state index contributed by atoms with van der Waals surface area (Å²) in [6.07, 6.45) is 0. The zero-order valence-corrected chi connectivity index (χ0v) is 17.0. The lowest BCUT2D eigenvalue weighted by Crippen LogP contribution is -2.35. The molecule has 4 rings (SSSR count). The van der Waals surface area contributed by atoms with Crippen LogP contribution in [-0.4, -0.2) is 22.6 Å². The Bertz CT molecular complexity index is 1310. The monoisotopic (exact) mass is 421 g/mol. The van der Waals surface area contributed by atoms with Gasteiger partial charge >= 0.3 is 5.69 Å². The van der Waals surface area contributed by atoms with E-state index < -0.39 is 11.2 Å². The molecule has 2 N–H and O–H groups in total. The average molecular weight is 421 g/mol. The predicted octanol–water partition coefficient (Wildman–Crippen LogP) is 2.74. The maximum Gasteiger partial charge on any atom is 0.329 e. The van der Waals surface area contributed by atoms with E-state index in [2.05, 4.69) is 10.3 Å². The number of ether oxygens (including phenoxy) is 1. The Morgan fingerprint density at radius 3 is 2.63 bits per heavy atom. The highest BCUT2D eigenvalue weighted by Crippen LogP contribution is 2.13. The van der Waals surface area contributed by atoms with Crippen molar-refractivity contribution in [1.82, 2.24) is 14.9 Å². The molecule has 8 heteroatoms. The molecule has 0 radical (unpaired) electrons. The van der Waals surface area contributed by atoms with Crippen LogP contribution in [0.2, 0.25) is 0 Å². The van der Waals surface area contributed by atoms with Crippen LogP contribution in [0.5, 0.6) is 5.75 Å². The van der Waals surface area contributed by atoms with E-state index in [-0.39, 0.29) is 12.5 Å². The number of nitrogens with one attached hydrogen (secondary N) is 2. The van der Waals surface area contributed by atoms with Crippen LogP contribution in [0.25, 0.3) is 10.9 Å². The molecule has 0 atom stereocenters. The lowest BCUT2D eigenvalue weighted by molar-refractivity contribution is 0.0951. The fraction of sp³-hybridized carbons (Fsp3) is 0.136. The van der Waals surface area contributed by atoms with Crippen molar-refractivity contribution >= 4 is 28.1 Å². The molecule has 0 saturated heterocycles. The number of amides is 1. The van der Waals surface area contributed by atoms with Crippen molar-refractivity contribution in [2.75, 3.05) is 7.11 Å². The molecule has 0 unspecified atom stereocenters. The van der Waals surface area contributed by atoms with Crippen molar-refractivity contribution in [2.45, 2.75) is 13.1 Å². The molecule has 7 nitrogen and oxygen atoms in total. The highest BCUT2D eigenvalue weighted by atomic mass is 32.1. The number of carbonyl (C=O) groups is 1. The molecule has 0 spiro atoms. The van der Waals surface area contributed by atoms with Crippen LogP contribution < -0.4 is 21.3 Å². The summed E-state index contributed by atoms with van der Waals surface area (Å²) in [5.41, 5.74) is 0.573. The van der Waals surface area contributed by atoms with E-state index in [1.807, 2.05) is 17.5 Å². The van der Waals surface area contributed by atoms with E-state index in [4.69, 9.17) is 4.74 Å². The highest BCUT2D eigenvalue weighted by molar-refractivity contribution is 7.09. The van der Waals surface area contributed by atoms with Gasteiger partial charge in [-0.2, -0.15) is 0 Å². The van der Waals surface area contributed by atoms with Crippen LogP contribution in [0.15, 0.2) is 69.6 Å². The van der Waals surface area contributed by atoms with Crippen molar-refractivity contribution in [3.05, 3.63) is 96.8 Å². The van der Waals surface area contributed by atoms with Gasteiger partial charge in [0.1, 0.15) is 5.75 Å². The molecule has 0 saturated carbocycles. The number of carbonyl (C=O) groups excluding carboxylic acids is 1. The molecule has 2 aromatic carbocycles. The Morgan fingerprint density at radius 1 is 1.13 bits per heavy atom. The first-order chi connectivity index (χ1) is 14.5. The normalized spacial score (nSPS) is 10.8. The number of benzene rings is 2. The minimum Gasteiger partial charge on any atom is -0.497 e. The SMILES string of the molecule is COc1ccc(Cn2c(=O)[nH]c3cc(C(=O)NCc4cccs4)ccc3c2=O)cc1. The molecule has 2 heterocycles. The quantitative estimate of drug-likeness (QED) is 0.501. The molecule has 152 valence electrons. The van der Waals surface area contributed by atoms with E-state index in [0.29, 0.717) is 28.8 Å². The Hall–Kier alpha value is -3.65. The minimum absolute atomic E-state index is 0.136. The van der Waals surface area contributed by atoms with Crippen molar-refractivity contribution in [3.63, 3.8) is 0 Å². The maximum absolute atomic E-state index is 12.9. The van der Waals surface area contributed by atoms with E-state index >= 15 is 0 Å². The van der Waals surface area contributed by atoms with E-state index in [9.17, 15) is 14.4 Å². The van der Waals surface area contributed by atoms with Crippen LogP contribution >= 0.6 is 11.3 Å². The smallest absolute Gasteiger partial charge is 0.329 e. The molecule has 0 aliphatic heterocycles. The van der Waals surface area contributed by atoms with E-state index in [0.717, 1.165) is 15.0 Å². The van der Waals surface area contributed by atoms with Crippen LogP contribution in [-0.2, 0) is 13.1 Å². The van der Waals surface area contributed by atoms with Gasteiger partial charge in [-0.3, -0.25) is 14.2 Å². The molecule has 30 heavy (non-hydrogen) atoms. The van der Waals surface area contributed by atoms with Crippen LogP contribution in [0.4, 0.5) is 0 Å². The van der Waals surface area contributed by atoms with Gasteiger partial charge in [0.2, 0.25) is 0 Å². The third kappa shape index (κ3) is 4.04. The fourth-order valence-corrected chi connectivity index (χ4v) is 3.78. The molecule has 0 bridgehead atoms. The number of nitrogens with zero attached hydrogens (tertiary/aromatic N) is 1. The van der Waals surface area contributed by atoms with Crippen LogP contribution in [0.1, 0.15) is 20.8 Å². The first-order valence-corrected chi connectivity index (χ1v) is 10.1. The maximum atomic E-state index is 12.9. The minimum atomic E-state index is -0.528. The second-order valence-corrected chi connectivity index (χ2v) is 7.72. The van der Waals surface area contributed by atoms with Gasteiger partial charge in [0.25, 0.3) is 11.5 Å². The summed E-state index contributed by atoms with van der Waals surface area (Å²) in [7, 11) is 1.57. The van der Waals surface area contributed by atoms with Crippen LogP contribution in [0, 0.1) is 0 Å². The number of H-pyrrole nitrogens is 1. The Labute approximate surface area is 175 Å². The van der Waals surface area contributed by atoms with Gasteiger partial charge in [0, 0.05) is 10.4 Å². The number of thiophene rings is 1. The summed E-state index contributed by atoms with van der Waals surface area (Å²) in [4.78, 5) is 41.6. The first-order valence-electron chi connectivity index (χ1n) is 9.25. The van der Waals surface area contributed by atoms with Gasteiger partial charge < -0.3 is 15.0 Å². The summed E-state index contributed by atoms with van der Waals surface area (Å²) < 4.78 is 6.26. The number of hydrogen-bond donors (Lipinski definition) is 2. The van der Waals surface area contributed by atoms with E-state index in [1.165, 1.54) is 6.07 Å². The number of aromatic nitrogens is 2. The largest absolute Gasteiger partial charge is 0.497 e. The summed E-state index contributed by atoms with van der Waals surface area (Å²) in [5, 5.41) is 5.12. The molecule has 0 fully saturated rings.